The molecule has 1 unspecified atom stereocenters. The van der Waals surface area contributed by atoms with E-state index < -0.39 is 0 Å². The molecular weight excluding hydrogens is 222 g/mol. The first-order valence-corrected chi connectivity index (χ1v) is 7.15. The van der Waals surface area contributed by atoms with E-state index in [1.54, 1.807) is 0 Å². The Morgan fingerprint density at radius 3 is 2.62 bits per heavy atom. The fourth-order valence-corrected chi connectivity index (χ4v) is 2.52. The zero-order chi connectivity index (χ0) is 12.4. The smallest absolute Gasteiger partial charge is 0.306 e. The largest absolute Gasteiger partial charge is 0.469 e. The molecular formula is C12H25NO2S. The molecule has 0 aliphatic heterocycles. The average molecular weight is 247 g/mol. The average Bonchev–Trinajstić information content (AvgIpc) is 2.27. The first kappa shape index (κ1) is 15.8. The highest BCUT2D eigenvalue weighted by Gasteiger charge is 2.12. The third-order valence-corrected chi connectivity index (χ3v) is 3.52. The van der Waals surface area contributed by atoms with E-state index in [9.17, 15) is 4.79 Å². The van der Waals surface area contributed by atoms with Crippen LogP contribution in [0.2, 0.25) is 0 Å². The van der Waals surface area contributed by atoms with Gasteiger partial charge in [0.2, 0.25) is 0 Å². The number of esters is 1. The van der Waals surface area contributed by atoms with Crippen LogP contribution in [0.5, 0.6) is 0 Å². The van der Waals surface area contributed by atoms with Crippen LogP contribution in [0.4, 0.5) is 0 Å². The van der Waals surface area contributed by atoms with Crippen molar-refractivity contribution < 1.29 is 9.53 Å². The van der Waals surface area contributed by atoms with Gasteiger partial charge < -0.3 is 10.1 Å². The maximum Gasteiger partial charge on any atom is 0.306 e. The van der Waals surface area contributed by atoms with E-state index >= 15 is 0 Å². The Morgan fingerprint density at radius 2 is 2.12 bits per heavy atom. The molecule has 0 aliphatic carbocycles. The molecule has 3 nitrogen and oxygen atoms in total. The molecule has 0 heterocycles. The van der Waals surface area contributed by atoms with Crippen molar-refractivity contribution in [2.24, 2.45) is 5.92 Å². The van der Waals surface area contributed by atoms with Gasteiger partial charge in [-0.15, -0.1) is 0 Å². The van der Waals surface area contributed by atoms with Crippen molar-refractivity contribution in [3.8, 4) is 0 Å². The molecule has 16 heavy (non-hydrogen) atoms. The number of methoxy groups -OCH3 is 1. The minimum atomic E-state index is -0.116. The molecule has 4 heteroatoms. The van der Waals surface area contributed by atoms with Crippen LogP contribution in [0, 0.1) is 5.92 Å². The third kappa shape index (κ3) is 7.99. The van der Waals surface area contributed by atoms with Gasteiger partial charge >= 0.3 is 5.97 Å². The molecule has 0 aromatic heterocycles. The fourth-order valence-electron chi connectivity index (χ4n) is 1.28. The maximum atomic E-state index is 10.9. The summed E-state index contributed by atoms with van der Waals surface area (Å²) in [5.41, 5.74) is 0. The Labute approximate surface area is 104 Å². The van der Waals surface area contributed by atoms with Gasteiger partial charge in [-0.2, -0.15) is 11.8 Å². The van der Waals surface area contributed by atoms with Crippen molar-refractivity contribution in [3.05, 3.63) is 0 Å². The molecule has 96 valence electrons. The fraction of sp³-hybridized carbons (Fsp3) is 0.917. The van der Waals surface area contributed by atoms with Gasteiger partial charge in [0.25, 0.3) is 0 Å². The monoisotopic (exact) mass is 247 g/mol. The van der Waals surface area contributed by atoms with Gasteiger partial charge in [-0.1, -0.05) is 20.8 Å². The predicted molar refractivity (Wildman–Crippen MR) is 70.9 cm³/mol. The summed E-state index contributed by atoms with van der Waals surface area (Å²) in [6.45, 7) is 7.71. The van der Waals surface area contributed by atoms with Crippen molar-refractivity contribution in [3.63, 3.8) is 0 Å². The highest BCUT2D eigenvalue weighted by molar-refractivity contribution is 7.99. The summed E-state index contributed by atoms with van der Waals surface area (Å²) in [4.78, 5) is 10.9. The van der Waals surface area contributed by atoms with E-state index in [0.717, 1.165) is 24.5 Å². The highest BCUT2D eigenvalue weighted by atomic mass is 32.2. The second-order valence-corrected chi connectivity index (χ2v) is 5.36. The molecule has 0 amide bonds. The van der Waals surface area contributed by atoms with Gasteiger partial charge in [0.05, 0.1) is 13.5 Å². The van der Waals surface area contributed by atoms with Crippen molar-refractivity contribution in [2.45, 2.75) is 39.7 Å². The van der Waals surface area contributed by atoms with Crippen LogP contribution < -0.4 is 5.32 Å². The van der Waals surface area contributed by atoms with Crippen molar-refractivity contribution in [1.82, 2.24) is 5.32 Å². The molecule has 0 aliphatic rings. The van der Waals surface area contributed by atoms with Crippen molar-refractivity contribution in [1.29, 1.82) is 0 Å². The Hall–Kier alpha value is -0.220. The van der Waals surface area contributed by atoms with Crippen LogP contribution in [-0.4, -0.2) is 37.2 Å². The summed E-state index contributed by atoms with van der Waals surface area (Å²) in [7, 11) is 1.44. The Balaban J connectivity index is 3.63. The van der Waals surface area contributed by atoms with Crippen LogP contribution in [0.1, 0.15) is 33.6 Å². The SMILES string of the molecule is CCCNC(CSCCC(=O)OC)C(C)C. The molecule has 0 fully saturated rings. The van der Waals surface area contributed by atoms with Crippen LogP contribution in [0.3, 0.4) is 0 Å². The molecule has 1 N–H and O–H groups in total. The van der Waals surface area contributed by atoms with Gasteiger partial charge in [0, 0.05) is 17.5 Å². The first-order chi connectivity index (χ1) is 7.61. The van der Waals surface area contributed by atoms with Gasteiger partial charge in [0.1, 0.15) is 0 Å². The maximum absolute atomic E-state index is 10.9. The van der Waals surface area contributed by atoms with Gasteiger partial charge in [-0.25, -0.2) is 0 Å². The topological polar surface area (TPSA) is 38.3 Å². The van der Waals surface area contributed by atoms with E-state index in [1.807, 2.05) is 11.8 Å². The Kier molecular flexibility index (Phi) is 9.83. The van der Waals surface area contributed by atoms with E-state index in [-0.39, 0.29) is 5.97 Å². The molecule has 0 aromatic rings. The summed E-state index contributed by atoms with van der Waals surface area (Å²) >= 11 is 1.82. The molecule has 0 aromatic carbocycles. The number of rotatable bonds is 9. The van der Waals surface area contributed by atoms with E-state index in [4.69, 9.17) is 0 Å². The molecule has 0 saturated heterocycles. The standard InChI is InChI=1S/C12H25NO2S/c1-5-7-13-11(10(2)3)9-16-8-6-12(14)15-4/h10-11,13H,5-9H2,1-4H3. The zero-order valence-electron chi connectivity index (χ0n) is 10.9. The molecule has 1 atom stereocenters. The molecule has 0 radical (unpaired) electrons. The highest BCUT2D eigenvalue weighted by Crippen LogP contribution is 2.11. The summed E-state index contributed by atoms with van der Waals surface area (Å²) < 4.78 is 4.60. The van der Waals surface area contributed by atoms with E-state index in [0.29, 0.717) is 18.4 Å². The zero-order valence-corrected chi connectivity index (χ0v) is 11.7. The van der Waals surface area contributed by atoms with Gasteiger partial charge in [-0.05, 0) is 18.9 Å². The van der Waals surface area contributed by atoms with Gasteiger partial charge in [0.15, 0.2) is 0 Å². The van der Waals surface area contributed by atoms with Crippen LogP contribution in [-0.2, 0) is 9.53 Å². The lowest BCUT2D eigenvalue weighted by atomic mass is 10.1. The normalized spacial score (nSPS) is 12.8. The minimum Gasteiger partial charge on any atom is -0.469 e. The quantitative estimate of drug-likeness (QED) is 0.501. The number of thioether (sulfide) groups is 1. The molecule has 0 spiro atoms. The predicted octanol–water partition coefficient (Wildman–Crippen LogP) is 2.31. The van der Waals surface area contributed by atoms with Crippen LogP contribution in [0.25, 0.3) is 0 Å². The molecule has 0 saturated carbocycles. The summed E-state index contributed by atoms with van der Waals surface area (Å²) in [6, 6.07) is 0.544. The third-order valence-electron chi connectivity index (χ3n) is 2.44. The van der Waals surface area contributed by atoms with E-state index in [2.05, 4.69) is 30.8 Å². The Bertz CT molecular complexity index is 186. The Morgan fingerprint density at radius 1 is 1.44 bits per heavy atom. The number of hydrogen-bond acceptors (Lipinski definition) is 4. The summed E-state index contributed by atoms with van der Waals surface area (Å²) in [6.07, 6.45) is 1.68. The summed E-state index contributed by atoms with van der Waals surface area (Å²) in [5.74, 6) is 2.44. The minimum absolute atomic E-state index is 0.116. The number of ether oxygens (including phenoxy) is 1. The number of nitrogens with one attached hydrogen (secondary N) is 1. The summed E-state index contributed by atoms with van der Waals surface area (Å²) in [5, 5.41) is 3.53. The lowest BCUT2D eigenvalue weighted by Crippen LogP contribution is -2.36. The molecule has 0 rings (SSSR count). The first-order valence-electron chi connectivity index (χ1n) is 5.99. The number of hydrogen-bond donors (Lipinski definition) is 1. The van der Waals surface area contributed by atoms with Crippen LogP contribution in [0.15, 0.2) is 0 Å². The lowest BCUT2D eigenvalue weighted by Gasteiger charge is -2.21. The van der Waals surface area contributed by atoms with E-state index in [1.165, 1.54) is 7.11 Å². The number of carbonyl (C=O) groups excluding carboxylic acids is 1. The molecule has 0 bridgehead atoms. The van der Waals surface area contributed by atoms with Gasteiger partial charge in [-0.3, -0.25) is 4.79 Å². The van der Waals surface area contributed by atoms with Crippen molar-refractivity contribution in [2.75, 3.05) is 25.2 Å². The van der Waals surface area contributed by atoms with Crippen LogP contribution >= 0.6 is 11.8 Å². The number of carbonyl (C=O) groups is 1. The second kappa shape index (κ2) is 9.97. The van der Waals surface area contributed by atoms with Crippen molar-refractivity contribution >= 4 is 17.7 Å². The lowest BCUT2D eigenvalue weighted by molar-refractivity contribution is -0.140. The second-order valence-electron chi connectivity index (χ2n) is 4.21.